The largest absolute Gasteiger partial charge is 0.385 e. The van der Waals surface area contributed by atoms with Gasteiger partial charge in [0.2, 0.25) is 0 Å². The van der Waals surface area contributed by atoms with Crippen LogP contribution >= 0.6 is 0 Å². The van der Waals surface area contributed by atoms with Gasteiger partial charge >= 0.3 is 0 Å². The molecular formula is C37H54N4. The fourth-order valence-electron chi connectivity index (χ4n) is 3.66. The molecule has 0 saturated carbocycles. The third-order valence-corrected chi connectivity index (χ3v) is 6.08. The summed E-state index contributed by atoms with van der Waals surface area (Å²) >= 11 is 0. The van der Waals surface area contributed by atoms with Gasteiger partial charge in [-0.3, -0.25) is 0 Å². The van der Waals surface area contributed by atoms with Crippen LogP contribution in [0.3, 0.4) is 0 Å². The van der Waals surface area contributed by atoms with Crippen molar-refractivity contribution in [3.8, 4) is 0 Å². The minimum absolute atomic E-state index is 0.159. The Balaban J connectivity index is 0.000000303. The van der Waals surface area contributed by atoms with E-state index in [1.165, 1.54) is 34.4 Å². The number of nitrogens with one attached hydrogen (secondary N) is 2. The van der Waals surface area contributed by atoms with Crippen molar-refractivity contribution in [3.63, 3.8) is 0 Å². The molecule has 4 heteroatoms. The Morgan fingerprint density at radius 2 is 1.12 bits per heavy atom. The molecule has 1 unspecified atom stereocenters. The Morgan fingerprint density at radius 3 is 1.51 bits per heavy atom. The van der Waals surface area contributed by atoms with E-state index in [0.29, 0.717) is 0 Å². The molecule has 41 heavy (non-hydrogen) atoms. The van der Waals surface area contributed by atoms with E-state index in [9.17, 15) is 0 Å². The maximum Gasteiger partial charge on any atom is 0.0342 e. The Kier molecular flexibility index (Phi) is 21.1. The maximum atomic E-state index is 5.61. The van der Waals surface area contributed by atoms with Crippen molar-refractivity contribution >= 4 is 5.69 Å². The van der Waals surface area contributed by atoms with Crippen molar-refractivity contribution in [3.05, 3.63) is 138 Å². The average Bonchev–Trinajstić information content (AvgIpc) is 3.02. The molecule has 0 aliphatic heterocycles. The Bertz CT molecular complexity index is 1060. The first-order chi connectivity index (χ1) is 20.0. The van der Waals surface area contributed by atoms with Gasteiger partial charge < -0.3 is 22.1 Å². The molecule has 0 saturated heterocycles. The van der Waals surface area contributed by atoms with Gasteiger partial charge in [0.05, 0.1) is 0 Å². The minimum Gasteiger partial charge on any atom is -0.385 e. The van der Waals surface area contributed by atoms with Crippen molar-refractivity contribution in [2.75, 3.05) is 31.5 Å². The first-order valence-corrected chi connectivity index (χ1v) is 15.1. The molecule has 0 fully saturated rings. The van der Waals surface area contributed by atoms with E-state index in [1.54, 1.807) is 0 Å². The van der Waals surface area contributed by atoms with Gasteiger partial charge in [0.1, 0.15) is 0 Å². The molecule has 4 rings (SSSR count). The number of aryl methyl sites for hydroxylation is 1. The van der Waals surface area contributed by atoms with E-state index in [2.05, 4.69) is 116 Å². The van der Waals surface area contributed by atoms with Crippen molar-refractivity contribution in [1.29, 1.82) is 0 Å². The summed E-state index contributed by atoms with van der Waals surface area (Å²) in [7, 11) is 0. The highest BCUT2D eigenvalue weighted by atomic mass is 14.9. The van der Waals surface area contributed by atoms with Crippen LogP contribution in [0.4, 0.5) is 5.69 Å². The molecule has 0 aliphatic rings. The lowest BCUT2D eigenvalue weighted by Crippen LogP contribution is -2.20. The second kappa shape index (κ2) is 24.4. The second-order valence-corrected chi connectivity index (χ2v) is 10.0. The van der Waals surface area contributed by atoms with Crippen LogP contribution < -0.4 is 22.1 Å². The van der Waals surface area contributed by atoms with E-state index >= 15 is 0 Å². The second-order valence-electron chi connectivity index (χ2n) is 10.0. The molecule has 0 heterocycles. The number of benzene rings is 4. The standard InChI is InChI=1S/C16H19N.C10H15N.C8H11N.C3H9N/c1-3-7-15(8-4-1)11-13-17-14-12-16-9-5-2-6-10-16;1-3-7-11-10-6-4-5-9(2)8-10;1-7(9)8-5-3-2-4-6-8;1-2-3-4/h1-10,17H,11-14H2;4-6,8,11H,3,7H2,1-2H3;2-7H,9H2,1H3;2-4H2,1H3. The van der Waals surface area contributed by atoms with Crippen LogP contribution in [0.5, 0.6) is 0 Å². The van der Waals surface area contributed by atoms with E-state index in [4.69, 9.17) is 11.5 Å². The fourth-order valence-corrected chi connectivity index (χ4v) is 3.66. The molecule has 4 aromatic rings. The molecule has 222 valence electrons. The first-order valence-electron chi connectivity index (χ1n) is 15.1. The molecule has 6 N–H and O–H groups in total. The van der Waals surface area contributed by atoms with Gasteiger partial charge in [-0.1, -0.05) is 117 Å². The monoisotopic (exact) mass is 554 g/mol. The topological polar surface area (TPSA) is 76.1 Å². The summed E-state index contributed by atoms with van der Waals surface area (Å²) in [6.45, 7) is 12.3. The maximum absolute atomic E-state index is 5.61. The van der Waals surface area contributed by atoms with Gasteiger partial charge in [-0.25, -0.2) is 0 Å². The van der Waals surface area contributed by atoms with Crippen molar-refractivity contribution < 1.29 is 0 Å². The number of hydrogen-bond donors (Lipinski definition) is 4. The number of nitrogens with two attached hydrogens (primary N) is 2. The van der Waals surface area contributed by atoms with Crippen LogP contribution in [0.1, 0.15) is 61.9 Å². The smallest absolute Gasteiger partial charge is 0.0342 e. The predicted octanol–water partition coefficient (Wildman–Crippen LogP) is 7.94. The molecule has 0 amide bonds. The molecule has 1 atom stereocenters. The minimum atomic E-state index is 0.159. The number of hydrogen-bond acceptors (Lipinski definition) is 4. The van der Waals surface area contributed by atoms with Crippen molar-refractivity contribution in [2.24, 2.45) is 11.5 Å². The molecule has 4 nitrogen and oxygen atoms in total. The summed E-state index contributed by atoms with van der Waals surface area (Å²) in [5, 5.41) is 6.82. The van der Waals surface area contributed by atoms with Gasteiger partial charge in [0.25, 0.3) is 0 Å². The van der Waals surface area contributed by atoms with Crippen molar-refractivity contribution in [2.45, 2.75) is 59.4 Å². The summed E-state index contributed by atoms with van der Waals surface area (Å²) in [6, 6.07) is 39.9. The molecule has 0 aliphatic carbocycles. The van der Waals surface area contributed by atoms with Gasteiger partial charge in [-0.05, 0) is 93.6 Å². The highest BCUT2D eigenvalue weighted by Crippen LogP contribution is 2.09. The van der Waals surface area contributed by atoms with E-state index in [1.807, 2.05) is 37.3 Å². The zero-order chi connectivity index (χ0) is 30.0. The highest BCUT2D eigenvalue weighted by molar-refractivity contribution is 5.45. The molecule has 0 radical (unpaired) electrons. The zero-order valence-corrected chi connectivity index (χ0v) is 25.9. The Morgan fingerprint density at radius 1 is 0.634 bits per heavy atom. The SMILES string of the molecule is CC(N)c1ccccc1.CCCN.CCCNc1cccc(C)c1.c1ccc(CCNCCc2ccccc2)cc1. The lowest BCUT2D eigenvalue weighted by atomic mass is 10.1. The lowest BCUT2D eigenvalue weighted by molar-refractivity contribution is 0.682. The van der Waals surface area contributed by atoms with Crippen LogP contribution in [0.25, 0.3) is 0 Å². The molecular weight excluding hydrogens is 500 g/mol. The van der Waals surface area contributed by atoms with Gasteiger partial charge in [0, 0.05) is 18.3 Å². The fraction of sp³-hybridized carbons (Fsp3) is 0.351. The Hall–Kier alpha value is -3.44. The van der Waals surface area contributed by atoms with Gasteiger partial charge in [-0.15, -0.1) is 0 Å². The van der Waals surface area contributed by atoms with Crippen LogP contribution in [0, 0.1) is 6.92 Å². The van der Waals surface area contributed by atoms with Gasteiger partial charge in [-0.2, -0.15) is 0 Å². The van der Waals surface area contributed by atoms with Crippen molar-refractivity contribution in [1.82, 2.24) is 5.32 Å². The summed E-state index contributed by atoms with van der Waals surface area (Å²) in [6.07, 6.45) is 4.49. The Labute approximate surface area is 250 Å². The average molecular weight is 555 g/mol. The zero-order valence-electron chi connectivity index (χ0n) is 25.9. The van der Waals surface area contributed by atoms with E-state index < -0.39 is 0 Å². The van der Waals surface area contributed by atoms with Crippen LogP contribution in [-0.2, 0) is 12.8 Å². The lowest BCUT2D eigenvalue weighted by Gasteiger charge is -2.05. The van der Waals surface area contributed by atoms with Crippen LogP contribution in [0.15, 0.2) is 115 Å². The molecule has 0 bridgehead atoms. The first kappa shape index (κ1) is 35.6. The molecule has 0 aromatic heterocycles. The van der Waals surface area contributed by atoms with E-state index in [0.717, 1.165) is 45.4 Å². The third kappa shape index (κ3) is 19.3. The quantitative estimate of drug-likeness (QED) is 0.142. The number of anilines is 1. The molecule has 0 spiro atoms. The summed E-state index contributed by atoms with van der Waals surface area (Å²) in [5.41, 5.74) is 17.2. The van der Waals surface area contributed by atoms with Crippen LogP contribution in [0.2, 0.25) is 0 Å². The normalized spacial score (nSPS) is 10.5. The molecule has 4 aromatic carbocycles. The number of rotatable bonds is 11. The third-order valence-electron chi connectivity index (χ3n) is 6.08. The summed E-state index contributed by atoms with van der Waals surface area (Å²) in [5.74, 6) is 0. The predicted molar refractivity (Wildman–Crippen MR) is 182 cm³/mol. The highest BCUT2D eigenvalue weighted by Gasteiger charge is 1.94. The van der Waals surface area contributed by atoms with Gasteiger partial charge in [0.15, 0.2) is 0 Å². The van der Waals surface area contributed by atoms with E-state index in [-0.39, 0.29) is 6.04 Å². The summed E-state index contributed by atoms with van der Waals surface area (Å²) < 4.78 is 0. The summed E-state index contributed by atoms with van der Waals surface area (Å²) in [4.78, 5) is 0. The van der Waals surface area contributed by atoms with Crippen LogP contribution in [-0.4, -0.2) is 26.2 Å².